The minimum atomic E-state index is -3.76. The summed E-state index contributed by atoms with van der Waals surface area (Å²) in [6, 6.07) is -0.982. The van der Waals surface area contributed by atoms with Gasteiger partial charge in [0.25, 0.3) is 0 Å². The molecule has 0 aromatic carbocycles. The third-order valence-corrected chi connectivity index (χ3v) is 6.14. The van der Waals surface area contributed by atoms with Crippen molar-refractivity contribution in [2.45, 2.75) is 38.6 Å². The normalized spacial score (nSPS) is 29.3. The van der Waals surface area contributed by atoms with Crippen LogP contribution in [0, 0.1) is 11.8 Å². The molecule has 1 N–H and O–H groups in total. The third-order valence-electron chi connectivity index (χ3n) is 4.33. The quantitative estimate of drug-likeness (QED) is 0.714. The predicted molar refractivity (Wildman–Crippen MR) is 74.0 cm³/mol. The van der Waals surface area contributed by atoms with E-state index in [0.717, 1.165) is 23.6 Å². The molecule has 7 nitrogen and oxygen atoms in total. The van der Waals surface area contributed by atoms with Gasteiger partial charge in [0, 0.05) is 6.54 Å². The van der Waals surface area contributed by atoms with E-state index in [0.29, 0.717) is 0 Å². The Bertz CT molecular complexity index is 517. The van der Waals surface area contributed by atoms with Gasteiger partial charge in [0.05, 0.1) is 18.8 Å². The lowest BCUT2D eigenvalue weighted by molar-refractivity contribution is -0.142. The van der Waals surface area contributed by atoms with Crippen molar-refractivity contribution in [3.05, 3.63) is 0 Å². The molecule has 0 radical (unpaired) electrons. The van der Waals surface area contributed by atoms with Gasteiger partial charge in [-0.15, -0.1) is 0 Å². The van der Waals surface area contributed by atoms with Crippen LogP contribution in [0.25, 0.3) is 0 Å². The molecule has 0 bridgehead atoms. The highest BCUT2D eigenvalue weighted by molar-refractivity contribution is 7.89. The van der Waals surface area contributed by atoms with Crippen molar-refractivity contribution < 1.29 is 27.9 Å². The van der Waals surface area contributed by atoms with Crippen LogP contribution in [0.3, 0.4) is 0 Å². The lowest BCUT2D eigenvalue weighted by Gasteiger charge is -2.23. The second kappa shape index (κ2) is 6.31. The van der Waals surface area contributed by atoms with E-state index < -0.39 is 33.8 Å². The first-order chi connectivity index (χ1) is 9.86. The fourth-order valence-electron chi connectivity index (χ4n) is 3.42. The van der Waals surface area contributed by atoms with Crippen molar-refractivity contribution in [2.24, 2.45) is 11.8 Å². The van der Waals surface area contributed by atoms with E-state index in [1.165, 1.54) is 0 Å². The molecular formula is C13H21NO6S. The van der Waals surface area contributed by atoms with Gasteiger partial charge >= 0.3 is 11.9 Å². The minimum absolute atomic E-state index is 0.0973. The molecule has 0 aromatic heterocycles. The zero-order valence-corrected chi connectivity index (χ0v) is 12.8. The Hall–Kier alpha value is -1.15. The first-order valence-corrected chi connectivity index (χ1v) is 8.85. The highest BCUT2D eigenvalue weighted by atomic mass is 32.2. The van der Waals surface area contributed by atoms with Crippen LogP contribution >= 0.6 is 0 Å². The molecule has 1 saturated carbocycles. The molecule has 2 fully saturated rings. The van der Waals surface area contributed by atoms with Crippen LogP contribution in [-0.4, -0.2) is 54.7 Å². The monoisotopic (exact) mass is 319 g/mol. The number of hydrogen-bond acceptors (Lipinski definition) is 5. The summed E-state index contributed by atoms with van der Waals surface area (Å²) >= 11 is 0. The molecule has 0 spiro atoms. The number of ether oxygens (including phenoxy) is 1. The smallest absolute Gasteiger partial charge is 0.322 e. The van der Waals surface area contributed by atoms with E-state index >= 15 is 0 Å². The Kier molecular flexibility index (Phi) is 4.88. The van der Waals surface area contributed by atoms with Crippen LogP contribution in [-0.2, 0) is 24.3 Å². The summed E-state index contributed by atoms with van der Waals surface area (Å²) in [4.78, 5) is 22.7. The minimum Gasteiger partial charge on any atom is -0.480 e. The number of carbonyl (C=O) groups excluding carboxylic acids is 1. The molecule has 1 heterocycles. The van der Waals surface area contributed by atoms with Crippen molar-refractivity contribution >= 4 is 22.0 Å². The lowest BCUT2D eigenvalue weighted by atomic mass is 9.94. The molecule has 8 heteroatoms. The van der Waals surface area contributed by atoms with Crippen molar-refractivity contribution in [3.8, 4) is 0 Å². The predicted octanol–water partition coefficient (Wildman–Crippen LogP) is 0.454. The van der Waals surface area contributed by atoms with Gasteiger partial charge in [-0.25, -0.2) is 8.42 Å². The van der Waals surface area contributed by atoms with E-state index in [9.17, 15) is 23.1 Å². The molecule has 1 aliphatic carbocycles. The Morgan fingerprint density at radius 3 is 2.67 bits per heavy atom. The van der Waals surface area contributed by atoms with Gasteiger partial charge in [0.2, 0.25) is 10.0 Å². The van der Waals surface area contributed by atoms with Gasteiger partial charge in [-0.3, -0.25) is 9.59 Å². The Morgan fingerprint density at radius 2 is 2.05 bits per heavy atom. The summed E-state index contributed by atoms with van der Waals surface area (Å²) in [7, 11) is -3.76. The molecule has 2 aliphatic rings. The Balaban J connectivity index is 2.08. The molecular weight excluding hydrogens is 298 g/mol. The first-order valence-electron chi connectivity index (χ1n) is 7.24. The molecule has 0 aromatic rings. The zero-order chi connectivity index (χ0) is 15.6. The van der Waals surface area contributed by atoms with Gasteiger partial charge in [-0.05, 0) is 31.6 Å². The summed E-state index contributed by atoms with van der Waals surface area (Å²) in [5.41, 5.74) is 0. The van der Waals surface area contributed by atoms with E-state index in [4.69, 9.17) is 4.74 Å². The van der Waals surface area contributed by atoms with Crippen molar-refractivity contribution in [1.29, 1.82) is 0 Å². The van der Waals surface area contributed by atoms with Crippen LogP contribution in [0.5, 0.6) is 0 Å². The number of aliphatic carboxylic acids is 1. The number of carbonyl (C=O) groups is 2. The van der Waals surface area contributed by atoms with Crippen LogP contribution in [0.1, 0.15) is 32.6 Å². The van der Waals surface area contributed by atoms with E-state index in [-0.39, 0.29) is 31.4 Å². The molecule has 120 valence electrons. The summed E-state index contributed by atoms with van der Waals surface area (Å²) in [6.45, 7) is 2.10. The number of esters is 1. The molecule has 3 atom stereocenters. The molecule has 2 rings (SSSR count). The molecule has 1 aliphatic heterocycles. The molecule has 21 heavy (non-hydrogen) atoms. The van der Waals surface area contributed by atoms with Gasteiger partial charge in [0.1, 0.15) is 6.04 Å². The Morgan fingerprint density at radius 1 is 1.33 bits per heavy atom. The summed E-state index contributed by atoms with van der Waals surface area (Å²) in [5.74, 6) is -2.03. The fourth-order valence-corrected chi connectivity index (χ4v) is 5.09. The summed E-state index contributed by atoms with van der Waals surface area (Å²) < 4.78 is 30.5. The maximum Gasteiger partial charge on any atom is 0.322 e. The fraction of sp³-hybridized carbons (Fsp3) is 0.846. The number of fused-ring (bicyclic) bond motifs is 1. The molecule has 0 amide bonds. The average Bonchev–Trinajstić information content (AvgIpc) is 2.96. The maximum absolute atomic E-state index is 12.3. The van der Waals surface area contributed by atoms with Crippen LogP contribution in [0.15, 0.2) is 0 Å². The maximum atomic E-state index is 12.3. The number of rotatable bonds is 6. The largest absolute Gasteiger partial charge is 0.480 e. The van der Waals surface area contributed by atoms with Gasteiger partial charge in [-0.1, -0.05) is 6.42 Å². The summed E-state index contributed by atoms with van der Waals surface area (Å²) in [6.07, 6.45) is 2.34. The number of hydrogen-bond donors (Lipinski definition) is 1. The van der Waals surface area contributed by atoms with E-state index in [2.05, 4.69) is 0 Å². The number of sulfonamides is 1. The van der Waals surface area contributed by atoms with Crippen molar-refractivity contribution in [3.63, 3.8) is 0 Å². The summed E-state index contributed by atoms with van der Waals surface area (Å²) in [5, 5.41) is 9.36. The standard InChI is InChI=1S/C13H21NO6S/c1-2-20-11(15)6-7-21(18,19)14-8-9-4-3-5-10(9)12(14)13(16)17/h9-10,12H,2-8H2,1H3,(H,16,17). The molecule has 1 saturated heterocycles. The second-order valence-corrected chi connectivity index (χ2v) is 7.62. The highest BCUT2D eigenvalue weighted by Gasteiger charge is 2.51. The first kappa shape index (κ1) is 16.2. The van der Waals surface area contributed by atoms with E-state index in [1.807, 2.05) is 0 Å². The van der Waals surface area contributed by atoms with Gasteiger partial charge in [-0.2, -0.15) is 4.31 Å². The number of nitrogens with zero attached hydrogens (tertiary/aromatic N) is 1. The number of carboxylic acid groups (broad SMARTS) is 1. The van der Waals surface area contributed by atoms with Crippen LogP contribution in [0.2, 0.25) is 0 Å². The second-order valence-electron chi connectivity index (χ2n) is 5.58. The zero-order valence-electron chi connectivity index (χ0n) is 12.0. The lowest BCUT2D eigenvalue weighted by Crippen LogP contribution is -2.44. The Labute approximate surface area is 124 Å². The van der Waals surface area contributed by atoms with Crippen molar-refractivity contribution in [2.75, 3.05) is 18.9 Å². The van der Waals surface area contributed by atoms with Gasteiger partial charge < -0.3 is 9.84 Å². The van der Waals surface area contributed by atoms with Crippen LogP contribution < -0.4 is 0 Å². The van der Waals surface area contributed by atoms with Gasteiger partial charge in [0.15, 0.2) is 0 Å². The highest BCUT2D eigenvalue weighted by Crippen LogP contribution is 2.43. The molecule has 3 unspecified atom stereocenters. The average molecular weight is 319 g/mol. The van der Waals surface area contributed by atoms with Crippen molar-refractivity contribution in [1.82, 2.24) is 4.31 Å². The van der Waals surface area contributed by atoms with Crippen LogP contribution in [0.4, 0.5) is 0 Å². The van der Waals surface area contributed by atoms with E-state index in [1.54, 1.807) is 6.92 Å². The third kappa shape index (κ3) is 3.37. The SMILES string of the molecule is CCOC(=O)CCS(=O)(=O)N1CC2CCCC2C1C(=O)O. The number of carboxylic acids is 1. The topological polar surface area (TPSA) is 101 Å².